The fourth-order valence-electron chi connectivity index (χ4n) is 4.27. The smallest absolute Gasteiger partial charge is 0.294 e. The molecule has 2 amide bonds. The van der Waals surface area contributed by atoms with E-state index in [4.69, 9.17) is 0 Å². The van der Waals surface area contributed by atoms with Crippen molar-refractivity contribution in [2.24, 2.45) is 0 Å². The van der Waals surface area contributed by atoms with Gasteiger partial charge in [0.2, 0.25) is 18.3 Å². The Bertz CT molecular complexity index is 1110. The highest BCUT2D eigenvalue weighted by Gasteiger charge is 2.44. The van der Waals surface area contributed by atoms with Gasteiger partial charge in [0.05, 0.1) is 5.69 Å². The maximum absolute atomic E-state index is 13.7. The van der Waals surface area contributed by atoms with E-state index in [1.807, 2.05) is 93.1 Å². The van der Waals surface area contributed by atoms with Crippen LogP contribution < -0.4 is 14.8 Å². The fourth-order valence-corrected chi connectivity index (χ4v) is 4.27. The number of fused-ring (bicyclic) bond motifs is 1. The van der Waals surface area contributed by atoms with E-state index in [-0.39, 0.29) is 18.4 Å². The van der Waals surface area contributed by atoms with E-state index in [1.54, 1.807) is 4.90 Å². The first-order valence-corrected chi connectivity index (χ1v) is 10.1. The average Bonchev–Trinajstić information content (AvgIpc) is 2.70. The van der Waals surface area contributed by atoms with Gasteiger partial charge in [0, 0.05) is 17.8 Å². The predicted molar refractivity (Wildman–Crippen MR) is 117 cm³/mol. The Balaban J connectivity index is 1.85. The van der Waals surface area contributed by atoms with Crippen molar-refractivity contribution < 1.29 is 14.2 Å². The van der Waals surface area contributed by atoms with Crippen LogP contribution in [0.1, 0.15) is 34.0 Å². The second-order valence-electron chi connectivity index (χ2n) is 7.92. The van der Waals surface area contributed by atoms with E-state index in [0.29, 0.717) is 0 Å². The quantitative estimate of drug-likeness (QED) is 0.677. The molecular formula is C25H26N3O2+. The molecule has 1 aliphatic rings. The molecular weight excluding hydrogens is 374 g/mol. The molecule has 1 atom stereocenters. The highest BCUT2D eigenvalue weighted by molar-refractivity contribution is 6.06. The summed E-state index contributed by atoms with van der Waals surface area (Å²) in [4.78, 5) is 28.6. The Labute approximate surface area is 177 Å². The first-order valence-electron chi connectivity index (χ1n) is 10.1. The van der Waals surface area contributed by atoms with Crippen molar-refractivity contribution in [2.45, 2.75) is 40.3 Å². The summed E-state index contributed by atoms with van der Waals surface area (Å²) in [6.45, 7) is 8.10. The maximum Gasteiger partial charge on any atom is 0.294 e. The predicted octanol–water partition coefficient (Wildman–Crippen LogP) is 3.93. The van der Waals surface area contributed by atoms with Crippen molar-refractivity contribution >= 4 is 23.2 Å². The summed E-state index contributed by atoms with van der Waals surface area (Å²) in [6, 6.07) is 16.8. The van der Waals surface area contributed by atoms with E-state index in [1.165, 1.54) is 0 Å². The number of hydrogen-bond donors (Lipinski definition) is 1. The van der Waals surface area contributed by atoms with Gasteiger partial charge in [-0.05, 0) is 49.9 Å². The number of rotatable bonds is 3. The molecule has 5 heteroatoms. The SMILES string of the molecule is Cc1cccc(C)c1NC(=O)C1c2cccc[n+]2CC(=O)N1c1c(C)cccc1C. The maximum atomic E-state index is 13.7. The molecule has 1 aromatic heterocycles. The van der Waals surface area contributed by atoms with Crippen molar-refractivity contribution in [1.29, 1.82) is 0 Å². The van der Waals surface area contributed by atoms with Crippen LogP contribution in [0.25, 0.3) is 0 Å². The summed E-state index contributed by atoms with van der Waals surface area (Å²) in [5.41, 5.74) is 6.32. The Morgan fingerprint density at radius 2 is 1.50 bits per heavy atom. The third-order valence-corrected chi connectivity index (χ3v) is 5.75. The molecule has 1 N–H and O–H groups in total. The van der Waals surface area contributed by atoms with Crippen LogP contribution in [0.15, 0.2) is 60.8 Å². The summed E-state index contributed by atoms with van der Waals surface area (Å²) >= 11 is 0. The van der Waals surface area contributed by atoms with E-state index >= 15 is 0 Å². The number of nitrogens with zero attached hydrogens (tertiary/aromatic N) is 2. The molecule has 2 aromatic carbocycles. The van der Waals surface area contributed by atoms with Gasteiger partial charge < -0.3 is 5.32 Å². The van der Waals surface area contributed by atoms with E-state index in [2.05, 4.69) is 5.32 Å². The zero-order valence-electron chi connectivity index (χ0n) is 17.8. The third kappa shape index (κ3) is 3.36. The van der Waals surface area contributed by atoms with Gasteiger partial charge in [-0.2, -0.15) is 4.57 Å². The number of nitrogens with one attached hydrogen (secondary N) is 1. The molecule has 1 aliphatic heterocycles. The molecule has 30 heavy (non-hydrogen) atoms. The second-order valence-corrected chi connectivity index (χ2v) is 7.92. The van der Waals surface area contributed by atoms with Crippen LogP contribution in [0.4, 0.5) is 11.4 Å². The largest absolute Gasteiger partial charge is 0.323 e. The summed E-state index contributed by atoms with van der Waals surface area (Å²) in [5.74, 6) is -0.319. The van der Waals surface area contributed by atoms with Gasteiger partial charge in [-0.25, -0.2) is 0 Å². The first kappa shape index (κ1) is 19.8. The summed E-state index contributed by atoms with van der Waals surface area (Å²) in [6.07, 6.45) is 1.86. The van der Waals surface area contributed by atoms with E-state index in [9.17, 15) is 9.59 Å². The molecule has 0 fully saturated rings. The number of pyridine rings is 1. The lowest BCUT2D eigenvalue weighted by Crippen LogP contribution is -2.58. The minimum Gasteiger partial charge on any atom is -0.323 e. The Hall–Kier alpha value is -3.47. The Morgan fingerprint density at radius 3 is 2.13 bits per heavy atom. The highest BCUT2D eigenvalue weighted by Crippen LogP contribution is 2.35. The molecule has 3 aromatic rings. The number of anilines is 2. The van der Waals surface area contributed by atoms with Crippen LogP contribution >= 0.6 is 0 Å². The third-order valence-electron chi connectivity index (χ3n) is 5.75. The number of benzene rings is 2. The normalized spacial score (nSPS) is 15.7. The van der Waals surface area contributed by atoms with Crippen LogP contribution in [0.3, 0.4) is 0 Å². The monoisotopic (exact) mass is 400 g/mol. The zero-order chi connectivity index (χ0) is 21.4. The molecule has 5 nitrogen and oxygen atoms in total. The molecule has 4 rings (SSSR count). The van der Waals surface area contributed by atoms with Gasteiger partial charge >= 0.3 is 0 Å². The molecule has 2 heterocycles. The number of aromatic nitrogens is 1. The molecule has 0 aliphatic carbocycles. The average molecular weight is 401 g/mol. The van der Waals surface area contributed by atoms with E-state index < -0.39 is 6.04 Å². The summed E-state index contributed by atoms with van der Waals surface area (Å²) in [7, 11) is 0. The van der Waals surface area contributed by atoms with Crippen LogP contribution in [0.5, 0.6) is 0 Å². The van der Waals surface area contributed by atoms with Gasteiger partial charge in [-0.3, -0.25) is 14.5 Å². The molecule has 0 bridgehead atoms. The molecule has 0 radical (unpaired) electrons. The lowest BCUT2D eigenvalue weighted by Gasteiger charge is -2.34. The zero-order valence-corrected chi connectivity index (χ0v) is 17.8. The first-order chi connectivity index (χ1) is 14.4. The van der Waals surface area contributed by atoms with Gasteiger partial charge in [0.25, 0.3) is 11.8 Å². The molecule has 0 saturated heterocycles. The van der Waals surface area contributed by atoms with Crippen molar-refractivity contribution in [1.82, 2.24) is 0 Å². The van der Waals surface area contributed by atoms with Gasteiger partial charge in [0.1, 0.15) is 0 Å². The number of amides is 2. The van der Waals surface area contributed by atoms with Crippen molar-refractivity contribution in [2.75, 3.05) is 10.2 Å². The van der Waals surface area contributed by atoms with Gasteiger partial charge in [-0.1, -0.05) is 42.5 Å². The molecule has 152 valence electrons. The molecule has 1 unspecified atom stereocenters. The number of aryl methyl sites for hydroxylation is 4. The van der Waals surface area contributed by atoms with Crippen molar-refractivity contribution in [3.8, 4) is 0 Å². The lowest BCUT2D eigenvalue weighted by atomic mass is 10.00. The van der Waals surface area contributed by atoms with Crippen LogP contribution in [0.2, 0.25) is 0 Å². The van der Waals surface area contributed by atoms with Crippen LogP contribution in [-0.2, 0) is 16.1 Å². The number of carbonyl (C=O) groups is 2. The minimum absolute atomic E-state index is 0.0993. The second kappa shape index (κ2) is 7.75. The molecule has 0 saturated carbocycles. The van der Waals surface area contributed by atoms with Gasteiger partial charge in [-0.15, -0.1) is 0 Å². The van der Waals surface area contributed by atoms with E-state index in [0.717, 1.165) is 39.3 Å². The fraction of sp³-hybridized carbons (Fsp3) is 0.240. The van der Waals surface area contributed by atoms with Crippen molar-refractivity contribution in [3.05, 3.63) is 88.7 Å². The number of carbonyl (C=O) groups excluding carboxylic acids is 2. The molecule has 0 spiro atoms. The Morgan fingerprint density at radius 1 is 0.900 bits per heavy atom. The Kier molecular flexibility index (Phi) is 5.12. The lowest BCUT2D eigenvalue weighted by molar-refractivity contribution is -0.695. The minimum atomic E-state index is -0.758. The van der Waals surface area contributed by atoms with Crippen LogP contribution in [0, 0.1) is 27.7 Å². The van der Waals surface area contributed by atoms with Crippen molar-refractivity contribution in [3.63, 3.8) is 0 Å². The number of hydrogen-bond acceptors (Lipinski definition) is 2. The summed E-state index contributed by atoms with van der Waals surface area (Å²) in [5, 5.41) is 3.10. The highest BCUT2D eigenvalue weighted by atomic mass is 16.2. The van der Waals surface area contributed by atoms with Crippen LogP contribution in [-0.4, -0.2) is 11.8 Å². The summed E-state index contributed by atoms with van der Waals surface area (Å²) < 4.78 is 1.86. The number of para-hydroxylation sites is 2. The van der Waals surface area contributed by atoms with Gasteiger partial charge in [0.15, 0.2) is 6.20 Å². The standard InChI is InChI=1S/C25H25N3O2/c1-16-9-7-10-17(2)22(16)26-25(30)24-20-13-5-6-14-27(20)15-21(29)28(24)23-18(3)11-8-12-19(23)4/h5-14,24H,15H2,1-4H3/p+1. The topological polar surface area (TPSA) is 53.3 Å².